The number of aromatic nitrogens is 2. The van der Waals surface area contributed by atoms with Crippen molar-refractivity contribution >= 4 is 29.1 Å². The van der Waals surface area contributed by atoms with Gasteiger partial charge in [0.25, 0.3) is 5.91 Å². The van der Waals surface area contributed by atoms with E-state index in [4.69, 9.17) is 17.3 Å². The third-order valence-corrected chi connectivity index (χ3v) is 4.38. The first-order valence-electron chi connectivity index (χ1n) is 7.89. The molecule has 0 aliphatic rings. The number of hydrogen-bond acceptors (Lipinski definition) is 3. The van der Waals surface area contributed by atoms with Gasteiger partial charge in [-0.05, 0) is 35.9 Å². The fourth-order valence-electron chi connectivity index (χ4n) is 2.52. The Labute approximate surface area is 155 Å². The van der Waals surface area contributed by atoms with Crippen molar-refractivity contribution in [2.45, 2.75) is 6.54 Å². The standard InChI is InChI=1S/C19H17ClN4O2/c1-23(16-8-6-13(7-9-16)18(21)25)19(26)15-10-22-24(12-15)11-14-4-2-3-5-17(14)20/h2-10,12H,11H2,1H3,(H2,21,25). The minimum absolute atomic E-state index is 0.206. The van der Waals surface area contributed by atoms with Crippen LogP contribution in [0, 0.1) is 0 Å². The molecule has 0 spiro atoms. The van der Waals surface area contributed by atoms with Crippen molar-refractivity contribution in [2.24, 2.45) is 5.73 Å². The van der Waals surface area contributed by atoms with E-state index in [1.165, 1.54) is 11.1 Å². The highest BCUT2D eigenvalue weighted by Crippen LogP contribution is 2.18. The summed E-state index contributed by atoms with van der Waals surface area (Å²) in [7, 11) is 1.66. The summed E-state index contributed by atoms with van der Waals surface area (Å²) >= 11 is 6.16. The topological polar surface area (TPSA) is 81.2 Å². The molecule has 0 aliphatic heterocycles. The van der Waals surface area contributed by atoms with E-state index in [1.54, 1.807) is 42.2 Å². The third-order valence-electron chi connectivity index (χ3n) is 4.01. The smallest absolute Gasteiger partial charge is 0.261 e. The summed E-state index contributed by atoms with van der Waals surface area (Å²) in [5, 5.41) is 4.89. The van der Waals surface area contributed by atoms with Gasteiger partial charge in [-0.25, -0.2) is 0 Å². The summed E-state index contributed by atoms with van der Waals surface area (Å²) < 4.78 is 1.67. The normalized spacial score (nSPS) is 10.5. The van der Waals surface area contributed by atoms with Crippen molar-refractivity contribution in [1.29, 1.82) is 0 Å². The zero-order chi connectivity index (χ0) is 18.7. The maximum atomic E-state index is 12.7. The molecule has 3 aromatic rings. The van der Waals surface area contributed by atoms with Crippen LogP contribution in [0.5, 0.6) is 0 Å². The first kappa shape index (κ1) is 17.7. The monoisotopic (exact) mass is 368 g/mol. The molecule has 0 unspecified atom stereocenters. The van der Waals surface area contributed by atoms with Gasteiger partial charge in [0.15, 0.2) is 0 Å². The minimum Gasteiger partial charge on any atom is -0.366 e. The summed E-state index contributed by atoms with van der Waals surface area (Å²) in [6.07, 6.45) is 3.20. The molecule has 6 nitrogen and oxygen atoms in total. The van der Waals surface area contributed by atoms with Crippen molar-refractivity contribution in [1.82, 2.24) is 9.78 Å². The molecule has 0 aliphatic carbocycles. The maximum absolute atomic E-state index is 12.7. The van der Waals surface area contributed by atoms with Crippen LogP contribution < -0.4 is 10.6 Å². The SMILES string of the molecule is CN(C(=O)c1cnn(Cc2ccccc2Cl)c1)c1ccc(C(N)=O)cc1. The first-order chi connectivity index (χ1) is 12.5. The number of primary amides is 1. The Morgan fingerprint density at radius 2 is 1.81 bits per heavy atom. The van der Waals surface area contributed by atoms with Gasteiger partial charge in [0.2, 0.25) is 5.91 Å². The second-order valence-corrected chi connectivity index (χ2v) is 6.20. The Bertz CT molecular complexity index is 950. The number of anilines is 1. The van der Waals surface area contributed by atoms with E-state index >= 15 is 0 Å². The number of nitrogens with zero attached hydrogens (tertiary/aromatic N) is 3. The molecule has 0 bridgehead atoms. The van der Waals surface area contributed by atoms with E-state index in [2.05, 4.69) is 5.10 Å². The molecule has 7 heteroatoms. The van der Waals surface area contributed by atoms with Crippen molar-refractivity contribution in [2.75, 3.05) is 11.9 Å². The lowest BCUT2D eigenvalue weighted by Crippen LogP contribution is -2.26. The van der Waals surface area contributed by atoms with E-state index in [1.807, 2.05) is 24.3 Å². The molecule has 1 aromatic heterocycles. The number of benzene rings is 2. The number of amides is 2. The van der Waals surface area contributed by atoms with Gasteiger partial charge in [0.1, 0.15) is 0 Å². The van der Waals surface area contributed by atoms with Gasteiger partial charge in [-0.2, -0.15) is 5.10 Å². The quantitative estimate of drug-likeness (QED) is 0.751. The molecule has 0 saturated carbocycles. The van der Waals surface area contributed by atoms with Crippen molar-refractivity contribution < 1.29 is 9.59 Å². The van der Waals surface area contributed by atoms with Crippen LogP contribution in [-0.4, -0.2) is 28.6 Å². The Hall–Kier alpha value is -3.12. The second kappa shape index (κ2) is 7.41. The predicted molar refractivity (Wildman–Crippen MR) is 100 cm³/mol. The largest absolute Gasteiger partial charge is 0.366 e. The second-order valence-electron chi connectivity index (χ2n) is 5.79. The van der Waals surface area contributed by atoms with E-state index in [9.17, 15) is 9.59 Å². The van der Waals surface area contributed by atoms with Crippen LogP contribution in [0.25, 0.3) is 0 Å². The summed E-state index contributed by atoms with van der Waals surface area (Å²) in [5.74, 6) is -0.714. The lowest BCUT2D eigenvalue weighted by molar-refractivity contribution is 0.0989. The highest BCUT2D eigenvalue weighted by molar-refractivity contribution is 6.31. The Kier molecular flexibility index (Phi) is 5.04. The van der Waals surface area contributed by atoms with Crippen LogP contribution in [-0.2, 0) is 6.54 Å². The van der Waals surface area contributed by atoms with E-state index in [0.717, 1.165) is 5.56 Å². The van der Waals surface area contributed by atoms with Gasteiger partial charge in [-0.1, -0.05) is 29.8 Å². The summed E-state index contributed by atoms with van der Waals surface area (Å²) in [4.78, 5) is 25.3. The molecule has 2 aromatic carbocycles. The average Bonchev–Trinajstić information content (AvgIpc) is 3.11. The number of halogens is 1. The van der Waals surface area contributed by atoms with Crippen LogP contribution in [0.4, 0.5) is 5.69 Å². The van der Waals surface area contributed by atoms with Crippen molar-refractivity contribution in [3.63, 3.8) is 0 Å². The zero-order valence-corrected chi connectivity index (χ0v) is 14.8. The average molecular weight is 369 g/mol. The van der Waals surface area contributed by atoms with Crippen LogP contribution in [0.2, 0.25) is 5.02 Å². The minimum atomic E-state index is -0.508. The molecule has 0 fully saturated rings. The van der Waals surface area contributed by atoms with Gasteiger partial charge < -0.3 is 10.6 Å². The molecule has 2 amide bonds. The van der Waals surface area contributed by atoms with Crippen LogP contribution in [0.15, 0.2) is 60.9 Å². The maximum Gasteiger partial charge on any atom is 0.261 e. The number of rotatable bonds is 5. The Morgan fingerprint density at radius 3 is 2.46 bits per heavy atom. The third kappa shape index (κ3) is 3.75. The summed E-state index contributed by atoms with van der Waals surface area (Å²) in [6, 6.07) is 14.0. The highest BCUT2D eigenvalue weighted by atomic mass is 35.5. The molecule has 2 N–H and O–H groups in total. The zero-order valence-electron chi connectivity index (χ0n) is 14.1. The number of carbonyl (C=O) groups excluding carboxylic acids is 2. The van der Waals surface area contributed by atoms with Gasteiger partial charge >= 0.3 is 0 Å². The molecule has 26 heavy (non-hydrogen) atoms. The highest BCUT2D eigenvalue weighted by Gasteiger charge is 2.16. The lowest BCUT2D eigenvalue weighted by atomic mass is 10.2. The van der Waals surface area contributed by atoms with Gasteiger partial charge in [-0.15, -0.1) is 0 Å². The molecule has 0 atom stereocenters. The molecule has 132 valence electrons. The molecular weight excluding hydrogens is 352 g/mol. The Balaban J connectivity index is 1.75. The van der Waals surface area contributed by atoms with Crippen LogP contribution in [0.1, 0.15) is 26.3 Å². The van der Waals surface area contributed by atoms with Gasteiger partial charge in [0, 0.05) is 29.5 Å². The first-order valence-corrected chi connectivity index (χ1v) is 8.27. The van der Waals surface area contributed by atoms with E-state index in [0.29, 0.717) is 28.4 Å². The fraction of sp³-hybridized carbons (Fsp3) is 0.105. The van der Waals surface area contributed by atoms with Gasteiger partial charge in [0.05, 0.1) is 18.3 Å². The number of hydrogen-bond donors (Lipinski definition) is 1. The number of carbonyl (C=O) groups is 2. The lowest BCUT2D eigenvalue weighted by Gasteiger charge is -2.16. The molecule has 0 radical (unpaired) electrons. The van der Waals surface area contributed by atoms with Crippen LogP contribution in [0.3, 0.4) is 0 Å². The summed E-state index contributed by atoms with van der Waals surface area (Å²) in [6.45, 7) is 0.476. The number of nitrogens with two attached hydrogens (primary N) is 1. The fourth-order valence-corrected chi connectivity index (χ4v) is 2.72. The van der Waals surface area contributed by atoms with Crippen molar-refractivity contribution in [3.05, 3.63) is 82.6 Å². The predicted octanol–water partition coefficient (Wildman–Crippen LogP) is 2.96. The molecule has 0 saturated heterocycles. The van der Waals surface area contributed by atoms with E-state index < -0.39 is 5.91 Å². The van der Waals surface area contributed by atoms with Crippen molar-refractivity contribution in [3.8, 4) is 0 Å². The van der Waals surface area contributed by atoms with E-state index in [-0.39, 0.29) is 5.91 Å². The molecule has 1 heterocycles. The summed E-state index contributed by atoms with van der Waals surface area (Å²) in [5.41, 5.74) is 7.65. The Morgan fingerprint density at radius 1 is 1.12 bits per heavy atom. The molecular formula is C19H17ClN4O2. The van der Waals surface area contributed by atoms with Gasteiger partial charge in [-0.3, -0.25) is 14.3 Å². The van der Waals surface area contributed by atoms with Crippen LogP contribution >= 0.6 is 11.6 Å². The molecule has 3 rings (SSSR count).